The molecular weight excluding hydrogens is 487 g/mol. The number of para-hydroxylation sites is 1. The predicted molar refractivity (Wildman–Crippen MR) is 132 cm³/mol. The molecule has 0 fully saturated rings. The van der Waals surface area contributed by atoms with E-state index in [-0.39, 0.29) is 24.0 Å². The Morgan fingerprint density at radius 2 is 1.96 bits per heavy atom. The highest BCUT2D eigenvalue weighted by atomic mass is 127. The summed E-state index contributed by atoms with van der Waals surface area (Å²) in [7, 11) is 7.40. The van der Waals surface area contributed by atoms with E-state index in [0.717, 1.165) is 56.7 Å². The van der Waals surface area contributed by atoms with Crippen molar-refractivity contribution in [2.24, 2.45) is 10.9 Å². The lowest BCUT2D eigenvalue weighted by molar-refractivity contribution is 0.180. The molecule has 1 aromatic carbocycles. The van der Waals surface area contributed by atoms with E-state index in [1.165, 1.54) is 4.90 Å². The van der Waals surface area contributed by atoms with Gasteiger partial charge in [-0.05, 0) is 31.5 Å². The van der Waals surface area contributed by atoms with Gasteiger partial charge in [0, 0.05) is 57.6 Å². The van der Waals surface area contributed by atoms with E-state index in [4.69, 9.17) is 9.47 Å². The molecule has 0 saturated carbocycles. The van der Waals surface area contributed by atoms with Gasteiger partial charge in [-0.1, -0.05) is 19.1 Å². The first kappa shape index (κ1) is 27.3. The second-order valence-corrected chi connectivity index (χ2v) is 7.66. The molecule has 8 heteroatoms. The third kappa shape index (κ3) is 12.0. The zero-order valence-corrected chi connectivity index (χ0v) is 21.0. The average molecular weight is 525 g/mol. The Morgan fingerprint density at radius 3 is 2.64 bits per heavy atom. The lowest BCUT2D eigenvalue weighted by atomic mass is 10.2. The fraction of sp³-hybridized carbons (Fsp3) is 0.650. The molecule has 6 nitrogen and oxygen atoms in total. The number of benzene rings is 1. The van der Waals surface area contributed by atoms with E-state index < -0.39 is 0 Å². The number of hydrogen-bond acceptors (Lipinski definition) is 5. The van der Waals surface area contributed by atoms with Crippen molar-refractivity contribution < 1.29 is 9.47 Å². The summed E-state index contributed by atoms with van der Waals surface area (Å²) in [5.41, 5.74) is 0. The van der Waals surface area contributed by atoms with Gasteiger partial charge in [0.15, 0.2) is 5.96 Å². The standard InChI is InChI=1S/C20H36N4O2S.HI/c1-17(16-27-19-10-7-6-9-18(19)26-5)15-23-20(21-2)22-11-13-24(3)12-8-14-25-4;/h6-7,9-10,17H,8,11-16H2,1-5H3,(H2,21,22,23);1H. The molecule has 0 spiro atoms. The maximum absolute atomic E-state index is 5.41. The molecule has 28 heavy (non-hydrogen) atoms. The molecular formula is C20H37IN4O2S. The molecule has 1 aromatic rings. The van der Waals surface area contributed by atoms with Crippen molar-refractivity contribution >= 4 is 41.7 Å². The SMILES string of the molecule is CN=C(NCCN(C)CCCOC)NCC(C)CSc1ccccc1OC.I. The van der Waals surface area contributed by atoms with Crippen LogP contribution in [0.25, 0.3) is 0 Å². The van der Waals surface area contributed by atoms with Gasteiger partial charge in [0.2, 0.25) is 0 Å². The zero-order chi connectivity index (χ0) is 19.9. The molecule has 0 saturated heterocycles. The zero-order valence-electron chi connectivity index (χ0n) is 17.9. The van der Waals surface area contributed by atoms with Gasteiger partial charge in [-0.25, -0.2) is 0 Å². The van der Waals surface area contributed by atoms with Crippen molar-refractivity contribution in [1.82, 2.24) is 15.5 Å². The highest BCUT2D eigenvalue weighted by Crippen LogP contribution is 2.29. The van der Waals surface area contributed by atoms with Crippen LogP contribution in [-0.2, 0) is 4.74 Å². The van der Waals surface area contributed by atoms with Gasteiger partial charge in [-0.3, -0.25) is 4.99 Å². The Kier molecular flexibility index (Phi) is 16.7. The molecule has 0 heterocycles. The lowest BCUT2D eigenvalue weighted by Gasteiger charge is -2.19. The number of halogens is 1. The maximum Gasteiger partial charge on any atom is 0.191 e. The molecule has 2 N–H and O–H groups in total. The van der Waals surface area contributed by atoms with Crippen LogP contribution in [0, 0.1) is 5.92 Å². The molecule has 0 radical (unpaired) electrons. The Labute approximate surface area is 192 Å². The highest BCUT2D eigenvalue weighted by Gasteiger charge is 2.08. The van der Waals surface area contributed by atoms with Gasteiger partial charge in [0.05, 0.1) is 7.11 Å². The number of methoxy groups -OCH3 is 2. The van der Waals surface area contributed by atoms with Crippen LogP contribution in [0.4, 0.5) is 0 Å². The number of likely N-dealkylation sites (N-methyl/N-ethyl adjacent to an activating group) is 1. The monoisotopic (exact) mass is 524 g/mol. The van der Waals surface area contributed by atoms with Crippen molar-refractivity contribution in [2.75, 3.05) is 66.9 Å². The first-order valence-electron chi connectivity index (χ1n) is 9.48. The van der Waals surface area contributed by atoms with Crippen LogP contribution < -0.4 is 15.4 Å². The van der Waals surface area contributed by atoms with Gasteiger partial charge < -0.3 is 25.0 Å². The Bertz CT molecular complexity index is 549. The first-order valence-corrected chi connectivity index (χ1v) is 10.5. The first-order chi connectivity index (χ1) is 13.1. The summed E-state index contributed by atoms with van der Waals surface area (Å²) < 4.78 is 10.5. The van der Waals surface area contributed by atoms with E-state index >= 15 is 0 Å². The summed E-state index contributed by atoms with van der Waals surface area (Å²) in [5, 5.41) is 6.79. The summed E-state index contributed by atoms with van der Waals surface area (Å²) in [6, 6.07) is 8.15. The van der Waals surface area contributed by atoms with E-state index in [0.29, 0.717) is 5.92 Å². The van der Waals surface area contributed by atoms with Crippen molar-refractivity contribution in [1.29, 1.82) is 0 Å². The smallest absolute Gasteiger partial charge is 0.191 e. The fourth-order valence-corrected chi connectivity index (χ4v) is 3.53. The summed E-state index contributed by atoms with van der Waals surface area (Å²) in [5.74, 6) is 3.33. The molecule has 0 aliphatic rings. The molecule has 0 aliphatic heterocycles. The second-order valence-electron chi connectivity index (χ2n) is 6.60. The highest BCUT2D eigenvalue weighted by molar-refractivity contribution is 14.0. The number of nitrogens with one attached hydrogen (secondary N) is 2. The minimum absolute atomic E-state index is 0. The molecule has 0 bridgehead atoms. The topological polar surface area (TPSA) is 58.1 Å². The second kappa shape index (κ2) is 17.2. The van der Waals surface area contributed by atoms with E-state index in [1.807, 2.05) is 37.0 Å². The molecule has 162 valence electrons. The summed E-state index contributed by atoms with van der Waals surface area (Å²) in [4.78, 5) is 7.79. The maximum atomic E-state index is 5.41. The Balaban J connectivity index is 0.00000729. The van der Waals surface area contributed by atoms with Gasteiger partial charge in [0.1, 0.15) is 5.75 Å². The van der Waals surface area contributed by atoms with Gasteiger partial charge in [0.25, 0.3) is 0 Å². The number of rotatable bonds is 13. The van der Waals surface area contributed by atoms with Gasteiger partial charge in [-0.2, -0.15) is 0 Å². The Hall–Kier alpha value is -0.710. The number of guanidine groups is 1. The minimum Gasteiger partial charge on any atom is -0.496 e. The quantitative estimate of drug-likeness (QED) is 0.136. The molecule has 1 rings (SSSR count). The van der Waals surface area contributed by atoms with Gasteiger partial charge in [-0.15, -0.1) is 35.7 Å². The van der Waals surface area contributed by atoms with Crippen LogP contribution in [0.15, 0.2) is 34.2 Å². The fourth-order valence-electron chi connectivity index (χ4n) is 2.48. The van der Waals surface area contributed by atoms with Crippen molar-refractivity contribution in [2.45, 2.75) is 18.2 Å². The summed E-state index contributed by atoms with van der Waals surface area (Å²) >= 11 is 1.83. The Morgan fingerprint density at radius 1 is 1.21 bits per heavy atom. The van der Waals surface area contributed by atoms with Crippen LogP contribution in [0.3, 0.4) is 0 Å². The number of aliphatic imine (C=N–C) groups is 1. The number of hydrogen-bond donors (Lipinski definition) is 2. The normalized spacial score (nSPS) is 12.4. The molecule has 0 aromatic heterocycles. The third-order valence-electron chi connectivity index (χ3n) is 4.11. The van der Waals surface area contributed by atoms with Crippen LogP contribution >= 0.6 is 35.7 Å². The van der Waals surface area contributed by atoms with Crippen LogP contribution in [0.1, 0.15) is 13.3 Å². The molecule has 1 atom stereocenters. The number of nitrogens with zero attached hydrogens (tertiary/aromatic N) is 2. The molecule has 1 unspecified atom stereocenters. The van der Waals surface area contributed by atoms with Crippen LogP contribution in [0.2, 0.25) is 0 Å². The van der Waals surface area contributed by atoms with Crippen LogP contribution in [0.5, 0.6) is 5.75 Å². The van der Waals surface area contributed by atoms with Crippen molar-refractivity contribution in [3.05, 3.63) is 24.3 Å². The summed E-state index contributed by atoms with van der Waals surface area (Å²) in [6.45, 7) is 6.82. The molecule has 0 amide bonds. The van der Waals surface area contributed by atoms with E-state index in [9.17, 15) is 0 Å². The lowest BCUT2D eigenvalue weighted by Crippen LogP contribution is -2.42. The average Bonchev–Trinajstić information content (AvgIpc) is 2.69. The molecule has 0 aliphatic carbocycles. The largest absolute Gasteiger partial charge is 0.496 e. The van der Waals surface area contributed by atoms with Gasteiger partial charge >= 0.3 is 0 Å². The predicted octanol–water partition coefficient (Wildman–Crippen LogP) is 3.17. The van der Waals surface area contributed by atoms with Crippen molar-refractivity contribution in [3.8, 4) is 5.75 Å². The minimum atomic E-state index is 0. The third-order valence-corrected chi connectivity index (χ3v) is 5.49. The van der Waals surface area contributed by atoms with E-state index in [2.05, 4.69) is 40.6 Å². The van der Waals surface area contributed by atoms with Crippen molar-refractivity contribution in [3.63, 3.8) is 0 Å². The van der Waals surface area contributed by atoms with E-state index in [1.54, 1.807) is 14.2 Å². The summed E-state index contributed by atoms with van der Waals surface area (Å²) in [6.07, 6.45) is 1.06. The van der Waals surface area contributed by atoms with Crippen LogP contribution in [-0.4, -0.2) is 77.7 Å². The number of ether oxygens (including phenoxy) is 2. The number of thioether (sulfide) groups is 1.